The third kappa shape index (κ3) is 1.95. The number of hydrogen-bond acceptors (Lipinski definition) is 5. The van der Waals surface area contributed by atoms with Gasteiger partial charge in [0, 0.05) is 17.4 Å². The van der Waals surface area contributed by atoms with Crippen LogP contribution in [0.4, 0.5) is 0 Å². The van der Waals surface area contributed by atoms with Crippen molar-refractivity contribution in [2.75, 3.05) is 0 Å². The molecular weight excluding hydrogens is 302 g/mol. The number of pyridine rings is 2. The molecule has 3 heterocycles. The van der Waals surface area contributed by atoms with Gasteiger partial charge in [-0.25, -0.2) is 9.29 Å². The number of fused-ring (bicyclic) bond motifs is 1. The number of hydrogen-bond donors (Lipinski definition) is 0. The van der Waals surface area contributed by atoms with Gasteiger partial charge in [0.1, 0.15) is 0 Å². The summed E-state index contributed by atoms with van der Waals surface area (Å²) in [6.45, 7) is -0.169. The molecule has 6 nitrogen and oxygen atoms in total. The molecule has 102 valence electrons. The normalized spacial score (nSPS) is 16.2. The Morgan fingerprint density at radius 3 is 2.70 bits per heavy atom. The van der Waals surface area contributed by atoms with Crippen molar-refractivity contribution in [2.24, 2.45) is 0 Å². The van der Waals surface area contributed by atoms with E-state index in [1.54, 1.807) is 6.07 Å². The van der Waals surface area contributed by atoms with Gasteiger partial charge in [0.05, 0.1) is 17.8 Å². The predicted molar refractivity (Wildman–Crippen MR) is 70.5 cm³/mol. The summed E-state index contributed by atoms with van der Waals surface area (Å²) in [7, 11) is -3.92. The fraction of sp³-hybridized carbons (Fsp3) is 0.0833. The zero-order valence-electron chi connectivity index (χ0n) is 10.0. The van der Waals surface area contributed by atoms with E-state index >= 15 is 0 Å². The molecule has 0 saturated heterocycles. The smallest absolute Gasteiger partial charge is 0.268 e. The highest BCUT2D eigenvalue weighted by Crippen LogP contribution is 2.29. The van der Waals surface area contributed by atoms with E-state index in [1.165, 1.54) is 30.6 Å². The fourth-order valence-corrected chi connectivity index (χ4v) is 3.58. The Labute approximate surface area is 120 Å². The van der Waals surface area contributed by atoms with Crippen LogP contribution in [0.5, 0.6) is 0 Å². The summed E-state index contributed by atoms with van der Waals surface area (Å²) in [5, 5.41) is 0.210. The van der Waals surface area contributed by atoms with Crippen LogP contribution in [0, 0.1) is 0 Å². The van der Waals surface area contributed by atoms with Gasteiger partial charge in [0.25, 0.3) is 15.9 Å². The quantitative estimate of drug-likeness (QED) is 0.839. The van der Waals surface area contributed by atoms with E-state index in [9.17, 15) is 13.2 Å². The molecule has 0 N–H and O–H groups in total. The second-order valence-corrected chi connectivity index (χ2v) is 6.35. The van der Waals surface area contributed by atoms with Gasteiger partial charge in [0.15, 0.2) is 5.03 Å². The minimum atomic E-state index is -3.92. The molecule has 0 radical (unpaired) electrons. The Balaban J connectivity index is 2.03. The van der Waals surface area contributed by atoms with Crippen LogP contribution in [-0.2, 0) is 16.6 Å². The number of carbonyl (C=O) groups is 1. The molecule has 3 rings (SSSR count). The van der Waals surface area contributed by atoms with Crippen LogP contribution in [0.2, 0.25) is 5.02 Å². The zero-order chi connectivity index (χ0) is 14.3. The van der Waals surface area contributed by atoms with Gasteiger partial charge in [0.2, 0.25) is 0 Å². The van der Waals surface area contributed by atoms with Gasteiger partial charge in [-0.2, -0.15) is 8.42 Å². The van der Waals surface area contributed by atoms with E-state index in [0.717, 1.165) is 4.31 Å². The highest BCUT2D eigenvalue weighted by Gasteiger charge is 2.42. The van der Waals surface area contributed by atoms with E-state index in [4.69, 9.17) is 11.6 Å². The Bertz CT molecular complexity index is 807. The van der Waals surface area contributed by atoms with Gasteiger partial charge >= 0.3 is 0 Å². The summed E-state index contributed by atoms with van der Waals surface area (Å²) >= 11 is 5.82. The van der Waals surface area contributed by atoms with Crippen LogP contribution in [0.15, 0.2) is 41.7 Å². The highest BCUT2D eigenvalue weighted by atomic mass is 35.5. The number of amides is 1. The van der Waals surface area contributed by atoms with Crippen molar-refractivity contribution in [1.82, 2.24) is 14.3 Å². The van der Waals surface area contributed by atoms with E-state index < -0.39 is 15.9 Å². The molecule has 0 unspecified atom stereocenters. The third-order valence-electron chi connectivity index (χ3n) is 2.85. The Morgan fingerprint density at radius 2 is 2.00 bits per heavy atom. The molecular formula is C12H8ClN3O3S. The third-order valence-corrected chi connectivity index (χ3v) is 4.77. The Hall–Kier alpha value is -1.99. The van der Waals surface area contributed by atoms with Gasteiger partial charge in [-0.15, -0.1) is 0 Å². The summed E-state index contributed by atoms with van der Waals surface area (Å²) in [6, 6.07) is 6.05. The molecule has 8 heteroatoms. The average molecular weight is 310 g/mol. The molecule has 1 aliphatic heterocycles. The monoisotopic (exact) mass is 309 g/mol. The minimum Gasteiger partial charge on any atom is -0.268 e. The molecule has 0 spiro atoms. The van der Waals surface area contributed by atoms with E-state index in [0.29, 0.717) is 10.7 Å². The SMILES string of the molecule is O=C1c2cccnc2S(=O)(=O)N1Cc1cc(Cl)ccn1. The summed E-state index contributed by atoms with van der Waals surface area (Å²) < 4.78 is 25.3. The summed E-state index contributed by atoms with van der Waals surface area (Å²) in [5.74, 6) is -0.602. The first-order chi connectivity index (χ1) is 9.50. The maximum absolute atomic E-state index is 12.3. The van der Waals surface area contributed by atoms with Crippen molar-refractivity contribution in [2.45, 2.75) is 11.6 Å². The first-order valence-electron chi connectivity index (χ1n) is 5.62. The van der Waals surface area contributed by atoms with Gasteiger partial charge in [-0.3, -0.25) is 9.78 Å². The first-order valence-corrected chi connectivity index (χ1v) is 7.44. The molecule has 0 aliphatic carbocycles. The molecule has 1 amide bonds. The van der Waals surface area contributed by atoms with E-state index in [1.807, 2.05) is 0 Å². The molecule has 0 aromatic carbocycles. The topological polar surface area (TPSA) is 80.2 Å². The van der Waals surface area contributed by atoms with Crippen LogP contribution < -0.4 is 0 Å². The Morgan fingerprint density at radius 1 is 1.20 bits per heavy atom. The molecule has 20 heavy (non-hydrogen) atoms. The van der Waals surface area contributed by atoms with Crippen molar-refractivity contribution in [3.8, 4) is 0 Å². The number of halogens is 1. The lowest BCUT2D eigenvalue weighted by atomic mass is 10.2. The van der Waals surface area contributed by atoms with Crippen LogP contribution in [0.25, 0.3) is 0 Å². The van der Waals surface area contributed by atoms with Crippen LogP contribution in [0.1, 0.15) is 16.1 Å². The zero-order valence-corrected chi connectivity index (χ0v) is 11.6. The fourth-order valence-electron chi connectivity index (χ4n) is 1.95. The molecule has 0 fully saturated rings. The molecule has 2 aromatic rings. The Kier molecular flexibility index (Phi) is 2.95. The predicted octanol–water partition coefficient (Wildman–Crippen LogP) is 1.47. The molecule has 0 saturated carbocycles. The standard InChI is InChI=1S/C12H8ClN3O3S/c13-8-3-5-14-9(6-8)7-16-12(17)10-2-1-4-15-11(10)20(16,18)19/h1-6H,7H2. The van der Waals surface area contributed by atoms with E-state index in [-0.39, 0.29) is 17.1 Å². The maximum atomic E-state index is 12.3. The van der Waals surface area contributed by atoms with Crippen molar-refractivity contribution in [3.63, 3.8) is 0 Å². The van der Waals surface area contributed by atoms with Gasteiger partial charge in [-0.05, 0) is 24.3 Å². The average Bonchev–Trinajstić information content (AvgIpc) is 2.61. The van der Waals surface area contributed by atoms with Crippen molar-refractivity contribution in [1.29, 1.82) is 0 Å². The van der Waals surface area contributed by atoms with Crippen molar-refractivity contribution in [3.05, 3.63) is 52.9 Å². The number of nitrogens with zero attached hydrogens (tertiary/aromatic N) is 3. The number of rotatable bonds is 2. The lowest BCUT2D eigenvalue weighted by Crippen LogP contribution is -2.29. The number of aromatic nitrogens is 2. The lowest BCUT2D eigenvalue weighted by Gasteiger charge is -2.13. The van der Waals surface area contributed by atoms with E-state index in [2.05, 4.69) is 9.97 Å². The largest absolute Gasteiger partial charge is 0.285 e. The van der Waals surface area contributed by atoms with Crippen LogP contribution >= 0.6 is 11.6 Å². The number of carbonyl (C=O) groups excluding carboxylic acids is 1. The maximum Gasteiger partial charge on any atom is 0.285 e. The van der Waals surface area contributed by atoms with Crippen LogP contribution in [-0.4, -0.2) is 28.6 Å². The summed E-state index contributed by atoms with van der Waals surface area (Å²) in [6.07, 6.45) is 2.79. The second kappa shape index (κ2) is 4.53. The minimum absolute atomic E-state index is 0.0783. The van der Waals surface area contributed by atoms with Gasteiger partial charge < -0.3 is 0 Å². The van der Waals surface area contributed by atoms with Crippen molar-refractivity contribution >= 4 is 27.5 Å². The highest BCUT2D eigenvalue weighted by molar-refractivity contribution is 7.90. The molecule has 1 aliphatic rings. The summed E-state index contributed by atoms with van der Waals surface area (Å²) in [5.41, 5.74) is 0.469. The molecule has 2 aromatic heterocycles. The second-order valence-electron chi connectivity index (χ2n) is 4.14. The lowest BCUT2D eigenvalue weighted by molar-refractivity contribution is 0.0863. The molecule has 0 bridgehead atoms. The number of sulfonamides is 1. The first kappa shape index (κ1) is 13.0. The van der Waals surface area contributed by atoms with Gasteiger partial charge in [-0.1, -0.05) is 11.6 Å². The van der Waals surface area contributed by atoms with Crippen LogP contribution in [0.3, 0.4) is 0 Å². The summed E-state index contributed by atoms with van der Waals surface area (Å²) in [4.78, 5) is 19.9. The molecule has 0 atom stereocenters. The van der Waals surface area contributed by atoms with Crippen molar-refractivity contribution < 1.29 is 13.2 Å².